The lowest BCUT2D eigenvalue weighted by atomic mass is 9.98. The maximum atomic E-state index is 12.3. The first-order valence-electron chi connectivity index (χ1n) is 11.6. The number of likely N-dealkylation sites (tertiary alicyclic amines) is 1. The Morgan fingerprint density at radius 3 is 2.15 bits per heavy atom. The molecule has 0 aromatic heterocycles. The quantitative estimate of drug-likeness (QED) is 0.603. The van der Waals surface area contributed by atoms with Crippen LogP contribution < -0.4 is 5.32 Å². The van der Waals surface area contributed by atoms with Gasteiger partial charge in [0.2, 0.25) is 5.91 Å². The second-order valence-corrected chi connectivity index (χ2v) is 9.20. The number of ether oxygens (including phenoxy) is 1. The third-order valence-electron chi connectivity index (χ3n) is 7.26. The molecule has 1 heterocycles. The highest BCUT2D eigenvalue weighted by Crippen LogP contribution is 2.51. The fourth-order valence-corrected chi connectivity index (χ4v) is 5.50. The van der Waals surface area contributed by atoms with Crippen LogP contribution in [0.3, 0.4) is 0 Å². The van der Waals surface area contributed by atoms with E-state index in [1.807, 2.05) is 24.3 Å². The van der Waals surface area contributed by atoms with Crippen molar-refractivity contribution in [2.75, 3.05) is 26.2 Å². The van der Waals surface area contributed by atoms with E-state index in [0.29, 0.717) is 38.9 Å². The van der Waals surface area contributed by atoms with Gasteiger partial charge in [0.25, 0.3) is 0 Å². The molecule has 172 valence electrons. The number of piperidine rings is 1. The Morgan fingerprint density at radius 1 is 0.939 bits per heavy atom. The number of hydrogen-bond acceptors (Lipinski definition) is 4. The smallest absolute Gasteiger partial charge is 0.407 e. The number of nitrogens with zero attached hydrogens (tertiary/aromatic N) is 1. The summed E-state index contributed by atoms with van der Waals surface area (Å²) in [4.78, 5) is 37.3. The minimum atomic E-state index is -0.739. The van der Waals surface area contributed by atoms with E-state index in [-0.39, 0.29) is 36.2 Å². The summed E-state index contributed by atoms with van der Waals surface area (Å²) in [5.74, 6) is -0.601. The highest BCUT2D eigenvalue weighted by molar-refractivity contribution is 5.80. The summed E-state index contributed by atoms with van der Waals surface area (Å²) in [6.07, 6.45) is 1.34. The lowest BCUT2D eigenvalue weighted by molar-refractivity contribution is -0.141. The van der Waals surface area contributed by atoms with Gasteiger partial charge in [0.15, 0.2) is 0 Å². The summed E-state index contributed by atoms with van der Waals surface area (Å²) in [6.45, 7) is 1.88. The van der Waals surface area contributed by atoms with Crippen LogP contribution in [-0.2, 0) is 14.3 Å². The number of carbonyl (C=O) groups is 3. The van der Waals surface area contributed by atoms with Crippen LogP contribution in [0.15, 0.2) is 48.5 Å². The normalized spacial score (nSPS) is 22.3. The van der Waals surface area contributed by atoms with Crippen molar-refractivity contribution in [3.05, 3.63) is 59.7 Å². The Hall–Kier alpha value is -3.35. The van der Waals surface area contributed by atoms with Crippen LogP contribution in [0.5, 0.6) is 0 Å². The number of unbranched alkanes of at least 4 members (excludes halogenated alkanes) is 1. The third-order valence-corrected chi connectivity index (χ3v) is 7.26. The second-order valence-electron chi connectivity index (χ2n) is 9.20. The zero-order chi connectivity index (χ0) is 22.9. The fraction of sp³-hybridized carbons (Fsp3) is 0.423. The van der Waals surface area contributed by atoms with Crippen LogP contribution in [0.2, 0.25) is 0 Å². The molecule has 2 aromatic carbocycles. The van der Waals surface area contributed by atoms with Crippen molar-refractivity contribution in [3.8, 4) is 11.1 Å². The largest absolute Gasteiger partial charge is 0.481 e. The van der Waals surface area contributed by atoms with Gasteiger partial charge >= 0.3 is 12.1 Å². The molecule has 0 bridgehead atoms. The average Bonchev–Trinajstić information content (AvgIpc) is 3.18. The molecule has 2 aromatic rings. The standard InChI is InChI=1S/C26H28N2O5/c29-23(28-13-20-21(14-28)24(20)25(30)31)11-5-6-12-27-26(32)33-15-22-18-9-3-1-7-16(18)17-8-2-4-10-19(17)22/h1-4,7-10,20-22,24H,5-6,11-15H2,(H,27,32)(H,30,31). The van der Waals surface area contributed by atoms with E-state index in [0.717, 1.165) is 0 Å². The van der Waals surface area contributed by atoms with Gasteiger partial charge < -0.3 is 20.1 Å². The van der Waals surface area contributed by atoms with E-state index >= 15 is 0 Å². The highest BCUT2D eigenvalue weighted by Gasteiger charge is 2.60. The number of carboxylic acids is 1. The van der Waals surface area contributed by atoms with Gasteiger partial charge in [0, 0.05) is 32.0 Å². The first-order chi connectivity index (χ1) is 16.0. The van der Waals surface area contributed by atoms with Crippen molar-refractivity contribution in [3.63, 3.8) is 0 Å². The molecule has 1 aliphatic heterocycles. The first kappa shape index (κ1) is 21.5. The number of hydrogen-bond donors (Lipinski definition) is 2. The fourth-order valence-electron chi connectivity index (χ4n) is 5.50. The Labute approximate surface area is 192 Å². The molecule has 2 aliphatic carbocycles. The number of benzene rings is 2. The van der Waals surface area contributed by atoms with E-state index < -0.39 is 12.1 Å². The second kappa shape index (κ2) is 8.89. The maximum Gasteiger partial charge on any atom is 0.407 e. The van der Waals surface area contributed by atoms with Gasteiger partial charge in [-0.05, 0) is 46.9 Å². The Morgan fingerprint density at radius 2 is 1.55 bits per heavy atom. The Bertz CT molecular complexity index is 1030. The minimum absolute atomic E-state index is 0.0353. The molecule has 1 saturated carbocycles. The van der Waals surface area contributed by atoms with E-state index in [1.54, 1.807) is 4.90 Å². The van der Waals surface area contributed by atoms with Crippen LogP contribution in [0.1, 0.15) is 36.3 Å². The maximum absolute atomic E-state index is 12.3. The molecule has 2 atom stereocenters. The zero-order valence-electron chi connectivity index (χ0n) is 18.4. The topological polar surface area (TPSA) is 95.9 Å². The zero-order valence-corrected chi connectivity index (χ0v) is 18.4. The van der Waals surface area contributed by atoms with E-state index in [1.165, 1.54) is 22.3 Å². The molecule has 2 N–H and O–H groups in total. The van der Waals surface area contributed by atoms with Crippen molar-refractivity contribution in [1.82, 2.24) is 10.2 Å². The van der Waals surface area contributed by atoms with Crippen LogP contribution >= 0.6 is 0 Å². The highest BCUT2D eigenvalue weighted by atomic mass is 16.5. The summed E-state index contributed by atoms with van der Waals surface area (Å²) in [7, 11) is 0. The molecule has 7 nitrogen and oxygen atoms in total. The average molecular weight is 449 g/mol. The number of rotatable bonds is 8. The summed E-state index contributed by atoms with van der Waals surface area (Å²) in [5, 5.41) is 11.8. The molecule has 7 heteroatoms. The van der Waals surface area contributed by atoms with Crippen molar-refractivity contribution in [2.45, 2.75) is 25.2 Å². The lowest BCUT2D eigenvalue weighted by Crippen LogP contribution is -2.32. The number of nitrogens with one attached hydrogen (secondary N) is 1. The molecule has 2 fully saturated rings. The molecule has 33 heavy (non-hydrogen) atoms. The summed E-state index contributed by atoms with van der Waals surface area (Å²) >= 11 is 0. The third kappa shape index (κ3) is 4.19. The number of carboxylic acid groups (broad SMARTS) is 1. The van der Waals surface area contributed by atoms with Gasteiger partial charge in [-0.1, -0.05) is 48.5 Å². The predicted molar refractivity (Wildman–Crippen MR) is 122 cm³/mol. The van der Waals surface area contributed by atoms with Crippen molar-refractivity contribution in [2.24, 2.45) is 17.8 Å². The number of aliphatic carboxylic acids is 1. The molecule has 0 spiro atoms. The number of amides is 2. The Kier molecular flexibility index (Phi) is 5.79. The number of fused-ring (bicyclic) bond motifs is 4. The van der Waals surface area contributed by atoms with E-state index in [9.17, 15) is 14.4 Å². The van der Waals surface area contributed by atoms with Gasteiger partial charge in [-0.3, -0.25) is 9.59 Å². The molecule has 2 unspecified atom stereocenters. The van der Waals surface area contributed by atoms with Gasteiger partial charge in [-0.15, -0.1) is 0 Å². The summed E-state index contributed by atoms with van der Waals surface area (Å²) in [6, 6.07) is 16.4. The molecule has 5 rings (SSSR count). The molecular weight excluding hydrogens is 420 g/mol. The van der Waals surface area contributed by atoms with Crippen LogP contribution in [0, 0.1) is 17.8 Å². The van der Waals surface area contributed by atoms with Gasteiger partial charge in [-0.25, -0.2) is 4.79 Å². The molecule has 2 amide bonds. The predicted octanol–water partition coefficient (Wildman–Crippen LogP) is 3.48. The van der Waals surface area contributed by atoms with E-state index in [4.69, 9.17) is 9.84 Å². The molecule has 3 aliphatic rings. The first-order valence-corrected chi connectivity index (χ1v) is 11.6. The van der Waals surface area contributed by atoms with E-state index in [2.05, 4.69) is 29.6 Å². The molecular formula is C26H28N2O5. The molecule has 1 saturated heterocycles. The summed E-state index contributed by atoms with van der Waals surface area (Å²) in [5.41, 5.74) is 4.75. The van der Waals surface area contributed by atoms with Crippen molar-refractivity contribution < 1.29 is 24.2 Å². The lowest BCUT2D eigenvalue weighted by Gasteiger charge is -2.19. The summed E-state index contributed by atoms with van der Waals surface area (Å²) < 4.78 is 5.52. The van der Waals surface area contributed by atoms with Gasteiger partial charge in [-0.2, -0.15) is 0 Å². The Balaban J connectivity index is 1.01. The van der Waals surface area contributed by atoms with Gasteiger partial charge in [0.1, 0.15) is 6.61 Å². The number of alkyl carbamates (subject to hydrolysis) is 1. The monoisotopic (exact) mass is 448 g/mol. The van der Waals surface area contributed by atoms with Crippen LogP contribution in [0.25, 0.3) is 11.1 Å². The van der Waals surface area contributed by atoms with Crippen molar-refractivity contribution in [1.29, 1.82) is 0 Å². The van der Waals surface area contributed by atoms with Crippen LogP contribution in [0.4, 0.5) is 4.79 Å². The minimum Gasteiger partial charge on any atom is -0.481 e. The van der Waals surface area contributed by atoms with Crippen LogP contribution in [-0.4, -0.2) is 54.2 Å². The molecule has 0 radical (unpaired) electrons. The van der Waals surface area contributed by atoms with Gasteiger partial charge in [0.05, 0.1) is 5.92 Å². The van der Waals surface area contributed by atoms with Crippen molar-refractivity contribution >= 4 is 18.0 Å². The SMILES string of the molecule is O=C(NCCCCC(=O)N1CC2C(C1)C2C(=O)O)OCC1c2ccccc2-c2ccccc21. The number of carbonyl (C=O) groups excluding carboxylic acids is 2.